The summed E-state index contributed by atoms with van der Waals surface area (Å²) >= 11 is 1.87. The van der Waals surface area contributed by atoms with Crippen LogP contribution in [-0.4, -0.2) is 48.9 Å². The van der Waals surface area contributed by atoms with E-state index >= 15 is 0 Å². The lowest BCUT2D eigenvalue weighted by Crippen LogP contribution is -2.39. The summed E-state index contributed by atoms with van der Waals surface area (Å²) in [5, 5.41) is 2.16. The summed E-state index contributed by atoms with van der Waals surface area (Å²) in [6.07, 6.45) is 7.11. The van der Waals surface area contributed by atoms with Gasteiger partial charge in [0.15, 0.2) is 0 Å². The predicted octanol–water partition coefficient (Wildman–Crippen LogP) is 5.10. The Morgan fingerprint density at radius 2 is 1.89 bits per heavy atom. The van der Waals surface area contributed by atoms with Crippen molar-refractivity contribution in [3.05, 3.63) is 56.8 Å². The van der Waals surface area contributed by atoms with Crippen LogP contribution in [0.25, 0.3) is 0 Å². The molecule has 1 aromatic heterocycles. The second kappa shape index (κ2) is 10.2. The van der Waals surface area contributed by atoms with Gasteiger partial charge in [-0.2, -0.15) is 0 Å². The minimum atomic E-state index is 0.223. The van der Waals surface area contributed by atoms with Crippen LogP contribution in [0.3, 0.4) is 0 Å². The van der Waals surface area contributed by atoms with Crippen molar-refractivity contribution in [2.24, 2.45) is 0 Å². The van der Waals surface area contributed by atoms with Crippen LogP contribution in [-0.2, 0) is 12.8 Å². The lowest BCUT2D eigenvalue weighted by atomic mass is 9.91. The first-order valence-corrected chi connectivity index (χ1v) is 11.5. The number of rotatable bonds is 10. The molecular weight excluding hydrogens is 364 g/mol. The van der Waals surface area contributed by atoms with Crippen molar-refractivity contribution in [2.45, 2.75) is 52.4 Å². The lowest BCUT2D eigenvalue weighted by Gasteiger charge is -2.30. The quantitative estimate of drug-likeness (QED) is 0.520. The minimum absolute atomic E-state index is 0.223. The van der Waals surface area contributed by atoms with Crippen molar-refractivity contribution >= 4 is 17.2 Å². The number of carbonyl (C=O) groups is 1. The molecule has 0 unspecified atom stereocenters. The zero-order valence-electron chi connectivity index (χ0n) is 17.7. The van der Waals surface area contributed by atoms with E-state index in [-0.39, 0.29) is 5.91 Å². The maximum absolute atomic E-state index is 12.8. The molecule has 1 aromatic carbocycles. The van der Waals surface area contributed by atoms with E-state index in [0.29, 0.717) is 0 Å². The molecule has 0 aliphatic carbocycles. The number of carbonyl (C=O) groups excluding carboxylic acids is 1. The van der Waals surface area contributed by atoms with Crippen LogP contribution in [0.2, 0.25) is 0 Å². The highest BCUT2D eigenvalue weighted by Gasteiger charge is 2.25. The molecule has 0 saturated carbocycles. The largest absolute Gasteiger partial charge is 0.338 e. The summed E-state index contributed by atoms with van der Waals surface area (Å²) in [6.45, 7) is 8.22. The number of thiophene rings is 1. The van der Waals surface area contributed by atoms with Crippen LogP contribution in [0.5, 0.6) is 0 Å². The highest BCUT2D eigenvalue weighted by atomic mass is 32.1. The predicted molar refractivity (Wildman–Crippen MR) is 120 cm³/mol. The van der Waals surface area contributed by atoms with Crippen molar-refractivity contribution in [3.8, 4) is 0 Å². The Morgan fingerprint density at radius 1 is 1.07 bits per heavy atom. The molecule has 0 fully saturated rings. The Balaban J connectivity index is 1.33. The van der Waals surface area contributed by atoms with E-state index in [4.69, 9.17) is 0 Å². The molecule has 1 aliphatic rings. The SMILES string of the molecule is Cc1ccc2c(c1C)CCN(CCCN(C)CCCCCc1cccs1)C2=O. The van der Waals surface area contributed by atoms with Gasteiger partial charge in [0.2, 0.25) is 0 Å². The number of benzene rings is 1. The summed E-state index contributed by atoms with van der Waals surface area (Å²) in [4.78, 5) is 18.8. The van der Waals surface area contributed by atoms with Crippen molar-refractivity contribution < 1.29 is 4.79 Å². The topological polar surface area (TPSA) is 23.6 Å². The molecule has 0 bridgehead atoms. The van der Waals surface area contributed by atoms with Crippen LogP contribution in [0.4, 0.5) is 0 Å². The van der Waals surface area contributed by atoms with E-state index < -0.39 is 0 Å². The van der Waals surface area contributed by atoms with Gasteiger partial charge >= 0.3 is 0 Å². The maximum atomic E-state index is 12.8. The van der Waals surface area contributed by atoms with Crippen LogP contribution in [0, 0.1) is 13.8 Å². The minimum Gasteiger partial charge on any atom is -0.338 e. The third-order valence-corrected chi connectivity index (χ3v) is 6.97. The highest BCUT2D eigenvalue weighted by Crippen LogP contribution is 2.24. The van der Waals surface area contributed by atoms with Gasteiger partial charge in [-0.3, -0.25) is 4.79 Å². The third-order valence-electron chi connectivity index (χ3n) is 6.03. The van der Waals surface area contributed by atoms with Crippen LogP contribution < -0.4 is 0 Å². The van der Waals surface area contributed by atoms with E-state index in [0.717, 1.165) is 44.6 Å². The fourth-order valence-electron chi connectivity index (χ4n) is 4.08. The van der Waals surface area contributed by atoms with E-state index in [1.165, 1.54) is 47.3 Å². The Hall–Kier alpha value is -1.65. The van der Waals surface area contributed by atoms with Crippen molar-refractivity contribution in [3.63, 3.8) is 0 Å². The van der Waals surface area contributed by atoms with Crippen molar-refractivity contribution in [1.29, 1.82) is 0 Å². The van der Waals surface area contributed by atoms with Crippen molar-refractivity contribution in [1.82, 2.24) is 9.80 Å². The van der Waals surface area contributed by atoms with Gasteiger partial charge in [0.25, 0.3) is 5.91 Å². The monoisotopic (exact) mass is 398 g/mol. The van der Waals surface area contributed by atoms with Crippen molar-refractivity contribution in [2.75, 3.05) is 33.2 Å². The Bertz CT molecular complexity index is 769. The van der Waals surface area contributed by atoms with Gasteiger partial charge < -0.3 is 9.80 Å². The zero-order chi connectivity index (χ0) is 19.9. The zero-order valence-corrected chi connectivity index (χ0v) is 18.5. The Labute approximate surface area is 174 Å². The Morgan fingerprint density at radius 3 is 2.68 bits per heavy atom. The number of nitrogens with zero attached hydrogens (tertiary/aromatic N) is 2. The molecule has 3 nitrogen and oxygen atoms in total. The molecule has 1 amide bonds. The molecule has 28 heavy (non-hydrogen) atoms. The first-order chi connectivity index (χ1) is 13.6. The van der Waals surface area contributed by atoms with Crippen LogP contribution >= 0.6 is 11.3 Å². The normalized spacial score (nSPS) is 14.0. The highest BCUT2D eigenvalue weighted by molar-refractivity contribution is 7.09. The maximum Gasteiger partial charge on any atom is 0.254 e. The van der Waals surface area contributed by atoms with Gasteiger partial charge in [0.1, 0.15) is 0 Å². The summed E-state index contributed by atoms with van der Waals surface area (Å²) in [5.41, 5.74) is 4.77. The molecule has 2 heterocycles. The second-order valence-electron chi connectivity index (χ2n) is 8.12. The molecule has 0 saturated heterocycles. The molecule has 0 radical (unpaired) electrons. The summed E-state index contributed by atoms with van der Waals surface area (Å²) < 4.78 is 0. The van der Waals surface area contributed by atoms with Gasteiger partial charge in [-0.25, -0.2) is 0 Å². The molecule has 0 atom stereocenters. The van der Waals surface area contributed by atoms with Gasteiger partial charge in [0.05, 0.1) is 0 Å². The number of hydrogen-bond donors (Lipinski definition) is 0. The smallest absolute Gasteiger partial charge is 0.254 e. The molecular formula is C24H34N2OS. The fraction of sp³-hybridized carbons (Fsp3) is 0.542. The molecule has 1 aliphatic heterocycles. The summed E-state index contributed by atoms with van der Waals surface area (Å²) in [5.74, 6) is 0.223. The number of unbranched alkanes of at least 4 members (excludes halogenated alkanes) is 2. The molecule has 4 heteroatoms. The lowest BCUT2D eigenvalue weighted by molar-refractivity contribution is 0.0733. The number of fused-ring (bicyclic) bond motifs is 1. The number of amides is 1. The summed E-state index contributed by atoms with van der Waals surface area (Å²) in [6, 6.07) is 8.48. The standard InChI is InChI=1S/C24H34N2OS/c1-19-11-12-23-22(20(19)2)13-17-26(24(23)27)16-8-15-25(3)14-6-4-5-9-21-10-7-18-28-21/h7,10-12,18H,4-6,8-9,13-17H2,1-3H3. The molecule has 3 rings (SSSR count). The van der Waals surface area contributed by atoms with Crippen LogP contribution in [0.1, 0.15) is 57.6 Å². The van der Waals surface area contributed by atoms with E-state index in [2.05, 4.69) is 49.4 Å². The summed E-state index contributed by atoms with van der Waals surface area (Å²) in [7, 11) is 2.21. The average molecular weight is 399 g/mol. The van der Waals surface area contributed by atoms with E-state index in [9.17, 15) is 4.79 Å². The fourth-order valence-corrected chi connectivity index (χ4v) is 4.84. The van der Waals surface area contributed by atoms with Crippen LogP contribution in [0.15, 0.2) is 29.6 Å². The average Bonchev–Trinajstić information content (AvgIpc) is 3.20. The number of hydrogen-bond acceptors (Lipinski definition) is 3. The molecule has 152 valence electrons. The number of aryl methyl sites for hydroxylation is 2. The second-order valence-corrected chi connectivity index (χ2v) is 9.15. The van der Waals surface area contributed by atoms with E-state index in [1.54, 1.807) is 0 Å². The third kappa shape index (κ3) is 5.45. The van der Waals surface area contributed by atoms with Gasteiger partial charge in [0, 0.05) is 23.5 Å². The molecule has 0 spiro atoms. The first kappa shape index (κ1) is 21.1. The van der Waals surface area contributed by atoms with Gasteiger partial charge in [-0.1, -0.05) is 18.6 Å². The molecule has 2 aromatic rings. The first-order valence-electron chi connectivity index (χ1n) is 10.7. The Kier molecular flexibility index (Phi) is 7.69. The van der Waals surface area contributed by atoms with E-state index in [1.807, 2.05) is 22.3 Å². The molecule has 0 N–H and O–H groups in total. The van der Waals surface area contributed by atoms with Gasteiger partial charge in [-0.15, -0.1) is 11.3 Å². The van der Waals surface area contributed by atoms with Gasteiger partial charge in [-0.05, 0) is 100 Å².